The van der Waals surface area contributed by atoms with Crippen molar-refractivity contribution in [2.24, 2.45) is 11.8 Å². The van der Waals surface area contributed by atoms with E-state index in [2.05, 4.69) is 15.4 Å². The molecule has 0 aliphatic carbocycles. The number of rotatable bonds is 5. The zero-order chi connectivity index (χ0) is 21.5. The van der Waals surface area contributed by atoms with Crippen molar-refractivity contribution in [3.05, 3.63) is 41.2 Å². The van der Waals surface area contributed by atoms with Gasteiger partial charge in [0.15, 0.2) is 5.76 Å². The van der Waals surface area contributed by atoms with Crippen molar-refractivity contribution in [2.45, 2.75) is 64.7 Å². The highest BCUT2D eigenvalue weighted by molar-refractivity contribution is 5.89. The van der Waals surface area contributed by atoms with Gasteiger partial charge in [-0.05, 0) is 51.2 Å². The Morgan fingerprint density at radius 1 is 1.23 bits per heavy atom. The van der Waals surface area contributed by atoms with E-state index in [-0.39, 0.29) is 30.3 Å². The highest BCUT2D eigenvalue weighted by Gasteiger charge is 2.51. The standard InChI is InChI=1S/C23H30N4O4/c1-14-8-19(31-25-14)10-24-23(29)22-17-9-16(20-4-3-5-21(28)27(20)22)11-26(12-17)13-18-7-6-15(2)30-18/h6-8,16-17,20,22H,3-5,9-13H2,1-2H3,(H,24,29)/t16-,17+,20+,22-/m1/s1. The molecule has 4 atom stereocenters. The Bertz CT molecular complexity index is 966. The lowest BCUT2D eigenvalue weighted by atomic mass is 9.71. The fourth-order valence-electron chi connectivity index (χ4n) is 5.79. The zero-order valence-electron chi connectivity index (χ0n) is 18.2. The molecule has 2 amide bonds. The largest absolute Gasteiger partial charge is 0.465 e. The van der Waals surface area contributed by atoms with Crippen molar-refractivity contribution < 1.29 is 18.5 Å². The van der Waals surface area contributed by atoms with Crippen molar-refractivity contribution in [1.29, 1.82) is 0 Å². The van der Waals surface area contributed by atoms with E-state index in [4.69, 9.17) is 8.94 Å². The van der Waals surface area contributed by atoms with Crippen LogP contribution in [0.5, 0.6) is 0 Å². The van der Waals surface area contributed by atoms with Gasteiger partial charge in [-0.25, -0.2) is 0 Å². The maximum absolute atomic E-state index is 13.3. The highest BCUT2D eigenvalue weighted by atomic mass is 16.5. The average Bonchev–Trinajstić information content (AvgIpc) is 3.34. The van der Waals surface area contributed by atoms with E-state index in [9.17, 15) is 9.59 Å². The maximum atomic E-state index is 13.3. The third-order valence-corrected chi connectivity index (χ3v) is 6.97. The van der Waals surface area contributed by atoms with E-state index in [1.165, 1.54) is 0 Å². The Kier molecular flexibility index (Phi) is 5.33. The lowest BCUT2D eigenvalue weighted by molar-refractivity contribution is -0.160. The Hall–Kier alpha value is -2.61. The molecule has 0 spiro atoms. The molecule has 3 aliphatic rings. The first-order valence-electron chi connectivity index (χ1n) is 11.3. The van der Waals surface area contributed by atoms with Crippen LogP contribution in [0.4, 0.5) is 0 Å². The number of piperidine rings is 3. The molecule has 5 heterocycles. The van der Waals surface area contributed by atoms with Gasteiger partial charge >= 0.3 is 0 Å². The summed E-state index contributed by atoms with van der Waals surface area (Å²) in [5.74, 6) is 3.04. The minimum Gasteiger partial charge on any atom is -0.465 e. The molecule has 1 N–H and O–H groups in total. The molecule has 0 saturated carbocycles. The monoisotopic (exact) mass is 426 g/mol. The van der Waals surface area contributed by atoms with Crippen LogP contribution in [0, 0.1) is 25.7 Å². The van der Waals surface area contributed by atoms with Crippen molar-refractivity contribution in [3.8, 4) is 0 Å². The first-order chi connectivity index (χ1) is 15.0. The van der Waals surface area contributed by atoms with Crippen LogP contribution in [0.1, 0.15) is 48.7 Å². The zero-order valence-corrected chi connectivity index (χ0v) is 18.2. The minimum atomic E-state index is -0.431. The minimum absolute atomic E-state index is 0.0894. The summed E-state index contributed by atoms with van der Waals surface area (Å²) < 4.78 is 11.0. The second-order valence-electron chi connectivity index (χ2n) is 9.32. The number of carbonyl (C=O) groups is 2. The van der Waals surface area contributed by atoms with Gasteiger partial charge in [-0.3, -0.25) is 14.5 Å². The lowest BCUT2D eigenvalue weighted by Crippen LogP contribution is -2.68. The Balaban J connectivity index is 1.35. The molecule has 31 heavy (non-hydrogen) atoms. The van der Waals surface area contributed by atoms with Gasteiger partial charge < -0.3 is 19.2 Å². The molecule has 3 fully saturated rings. The van der Waals surface area contributed by atoms with Gasteiger partial charge in [0, 0.05) is 37.5 Å². The van der Waals surface area contributed by atoms with E-state index < -0.39 is 6.04 Å². The van der Waals surface area contributed by atoms with Crippen molar-refractivity contribution >= 4 is 11.8 Å². The number of furan rings is 1. The fraction of sp³-hybridized carbons (Fsp3) is 0.609. The molecule has 3 saturated heterocycles. The van der Waals surface area contributed by atoms with E-state index in [0.717, 1.165) is 56.1 Å². The number of aromatic nitrogens is 1. The van der Waals surface area contributed by atoms with Gasteiger partial charge in [0.05, 0.1) is 18.8 Å². The number of fused-ring (bicyclic) bond motifs is 4. The lowest BCUT2D eigenvalue weighted by Gasteiger charge is -2.55. The molecule has 8 nitrogen and oxygen atoms in total. The Labute approximate surface area is 181 Å². The van der Waals surface area contributed by atoms with Crippen LogP contribution in [-0.4, -0.2) is 51.9 Å². The summed E-state index contributed by atoms with van der Waals surface area (Å²) in [4.78, 5) is 30.6. The van der Waals surface area contributed by atoms with Gasteiger partial charge in [0.25, 0.3) is 0 Å². The van der Waals surface area contributed by atoms with Crippen LogP contribution in [0.25, 0.3) is 0 Å². The van der Waals surface area contributed by atoms with Crippen molar-refractivity contribution in [2.75, 3.05) is 13.1 Å². The molecule has 5 rings (SSSR count). The number of hydrogen-bond donors (Lipinski definition) is 1. The number of likely N-dealkylation sites (tertiary alicyclic amines) is 1. The first kappa shape index (κ1) is 20.3. The van der Waals surface area contributed by atoms with Gasteiger partial charge in [-0.15, -0.1) is 0 Å². The molecule has 0 aromatic carbocycles. The number of nitrogens with one attached hydrogen (secondary N) is 1. The molecule has 0 radical (unpaired) electrons. The summed E-state index contributed by atoms with van der Waals surface area (Å²) >= 11 is 0. The molecule has 2 aromatic rings. The number of hydrogen-bond acceptors (Lipinski definition) is 6. The van der Waals surface area contributed by atoms with E-state index in [0.29, 0.717) is 18.1 Å². The topological polar surface area (TPSA) is 91.8 Å². The van der Waals surface area contributed by atoms with Crippen LogP contribution in [0.3, 0.4) is 0 Å². The maximum Gasteiger partial charge on any atom is 0.243 e. The van der Waals surface area contributed by atoms with Crippen LogP contribution >= 0.6 is 0 Å². The van der Waals surface area contributed by atoms with Crippen LogP contribution in [0.2, 0.25) is 0 Å². The SMILES string of the molecule is Cc1cc(CNC(=O)[C@H]2[C@H]3C[C@H](CN(Cc4ccc(C)o4)C3)[C@@H]3CCCC(=O)N32)on1. The second-order valence-corrected chi connectivity index (χ2v) is 9.32. The molecule has 2 bridgehead atoms. The molecule has 2 aromatic heterocycles. The summed E-state index contributed by atoms with van der Waals surface area (Å²) in [5.41, 5.74) is 0.784. The van der Waals surface area contributed by atoms with Gasteiger partial charge in [-0.2, -0.15) is 0 Å². The highest BCUT2D eigenvalue weighted by Crippen LogP contribution is 2.42. The third-order valence-electron chi connectivity index (χ3n) is 6.97. The van der Waals surface area contributed by atoms with Crippen LogP contribution < -0.4 is 5.32 Å². The first-order valence-corrected chi connectivity index (χ1v) is 11.3. The molecule has 0 unspecified atom stereocenters. The van der Waals surface area contributed by atoms with E-state index in [1.54, 1.807) is 0 Å². The Morgan fingerprint density at radius 2 is 2.06 bits per heavy atom. The molecular weight excluding hydrogens is 396 g/mol. The smallest absolute Gasteiger partial charge is 0.243 e. The van der Waals surface area contributed by atoms with Gasteiger partial charge in [0.1, 0.15) is 17.6 Å². The molecule has 3 aliphatic heterocycles. The molecular formula is C23H30N4O4. The number of amides is 2. The summed E-state index contributed by atoms with van der Waals surface area (Å²) in [7, 11) is 0. The molecule has 166 valence electrons. The second kappa shape index (κ2) is 8.15. The molecule has 8 heteroatoms. The summed E-state index contributed by atoms with van der Waals surface area (Å²) in [6.45, 7) is 6.56. The number of nitrogens with zero attached hydrogens (tertiary/aromatic N) is 3. The normalized spacial score (nSPS) is 28.5. The Morgan fingerprint density at radius 3 is 2.81 bits per heavy atom. The van der Waals surface area contributed by atoms with Gasteiger partial charge in [0.2, 0.25) is 11.8 Å². The third kappa shape index (κ3) is 4.01. The quantitative estimate of drug-likeness (QED) is 0.789. The van der Waals surface area contributed by atoms with E-state index >= 15 is 0 Å². The van der Waals surface area contributed by atoms with Crippen LogP contribution in [-0.2, 0) is 22.7 Å². The number of carbonyl (C=O) groups excluding carboxylic acids is 2. The van der Waals surface area contributed by atoms with Crippen molar-refractivity contribution in [3.63, 3.8) is 0 Å². The van der Waals surface area contributed by atoms with Crippen molar-refractivity contribution in [1.82, 2.24) is 20.3 Å². The van der Waals surface area contributed by atoms with Gasteiger partial charge in [-0.1, -0.05) is 5.16 Å². The summed E-state index contributed by atoms with van der Waals surface area (Å²) in [6.07, 6.45) is 3.41. The predicted molar refractivity (Wildman–Crippen MR) is 112 cm³/mol. The fourth-order valence-corrected chi connectivity index (χ4v) is 5.79. The van der Waals surface area contributed by atoms with Crippen LogP contribution in [0.15, 0.2) is 27.1 Å². The average molecular weight is 427 g/mol. The predicted octanol–water partition coefficient (Wildman–Crippen LogP) is 2.40. The summed E-state index contributed by atoms with van der Waals surface area (Å²) in [6, 6.07) is 5.55. The number of aryl methyl sites for hydroxylation is 2. The summed E-state index contributed by atoms with van der Waals surface area (Å²) in [5, 5.41) is 6.88. The van der Waals surface area contributed by atoms with E-state index in [1.807, 2.05) is 36.9 Å².